The zero-order valence-corrected chi connectivity index (χ0v) is 12.9. The molecule has 2 rings (SSSR count). The van der Waals surface area contributed by atoms with Gasteiger partial charge in [0.25, 0.3) is 0 Å². The molecule has 114 valence electrons. The van der Waals surface area contributed by atoms with Gasteiger partial charge in [0.15, 0.2) is 0 Å². The molecule has 0 radical (unpaired) electrons. The fraction of sp³-hybridized carbons (Fsp3) is 0.529. The molecule has 0 bridgehead atoms. The predicted molar refractivity (Wildman–Crippen MR) is 84.1 cm³/mol. The summed E-state index contributed by atoms with van der Waals surface area (Å²) in [6.45, 7) is 4.58. The number of hydrogen-bond acceptors (Lipinski definition) is 2. The van der Waals surface area contributed by atoms with Crippen molar-refractivity contribution < 1.29 is 9.59 Å². The topological polar surface area (TPSA) is 58.2 Å². The molecule has 0 spiro atoms. The molecule has 1 aliphatic rings. The molecule has 1 aliphatic carbocycles. The summed E-state index contributed by atoms with van der Waals surface area (Å²) in [5, 5.41) is 5.34. The van der Waals surface area contributed by atoms with Crippen LogP contribution in [-0.4, -0.2) is 18.4 Å². The van der Waals surface area contributed by atoms with Crippen molar-refractivity contribution in [1.29, 1.82) is 0 Å². The van der Waals surface area contributed by atoms with Crippen LogP contribution in [0.2, 0.25) is 0 Å². The van der Waals surface area contributed by atoms with Crippen molar-refractivity contribution in [3.8, 4) is 0 Å². The van der Waals surface area contributed by atoms with Crippen LogP contribution in [-0.2, 0) is 9.59 Å². The average molecular weight is 288 g/mol. The Labute approximate surface area is 126 Å². The van der Waals surface area contributed by atoms with E-state index < -0.39 is 11.8 Å². The maximum Gasteiger partial charge on any atom is 0.313 e. The van der Waals surface area contributed by atoms with Gasteiger partial charge >= 0.3 is 11.8 Å². The molecule has 0 heterocycles. The summed E-state index contributed by atoms with van der Waals surface area (Å²) in [5.41, 5.74) is 2.91. The molecule has 1 fully saturated rings. The zero-order valence-electron chi connectivity index (χ0n) is 12.9. The average Bonchev–Trinajstić information content (AvgIpc) is 2.96. The first-order valence-electron chi connectivity index (χ1n) is 7.72. The predicted octanol–water partition coefficient (Wildman–Crippen LogP) is 2.94. The molecule has 0 saturated heterocycles. The van der Waals surface area contributed by atoms with Crippen LogP contribution in [0.5, 0.6) is 0 Å². The number of carbonyl (C=O) groups excluding carboxylic acids is 2. The van der Waals surface area contributed by atoms with E-state index in [1.807, 2.05) is 32.0 Å². The lowest BCUT2D eigenvalue weighted by Gasteiger charge is -2.10. The molecule has 0 atom stereocenters. The zero-order chi connectivity index (χ0) is 15.2. The van der Waals surface area contributed by atoms with Crippen LogP contribution in [0.4, 0.5) is 5.69 Å². The maximum absolute atomic E-state index is 11.8. The molecule has 1 aromatic carbocycles. The third kappa shape index (κ3) is 4.59. The number of rotatable bonds is 4. The molecule has 4 nitrogen and oxygen atoms in total. The quantitative estimate of drug-likeness (QED) is 0.837. The summed E-state index contributed by atoms with van der Waals surface area (Å²) in [5.74, 6) is -0.427. The van der Waals surface area contributed by atoms with Gasteiger partial charge < -0.3 is 10.6 Å². The van der Waals surface area contributed by atoms with E-state index in [1.54, 1.807) is 0 Å². The van der Waals surface area contributed by atoms with E-state index >= 15 is 0 Å². The summed E-state index contributed by atoms with van der Waals surface area (Å²) in [7, 11) is 0. The van der Waals surface area contributed by atoms with Gasteiger partial charge in [-0.1, -0.05) is 31.7 Å². The molecule has 0 aromatic heterocycles. The van der Waals surface area contributed by atoms with E-state index in [4.69, 9.17) is 0 Å². The van der Waals surface area contributed by atoms with E-state index in [0.29, 0.717) is 18.2 Å². The van der Waals surface area contributed by atoms with Crippen LogP contribution in [0.15, 0.2) is 18.2 Å². The first-order valence-corrected chi connectivity index (χ1v) is 7.72. The van der Waals surface area contributed by atoms with Crippen molar-refractivity contribution in [3.63, 3.8) is 0 Å². The van der Waals surface area contributed by atoms with Crippen molar-refractivity contribution in [2.24, 2.45) is 5.92 Å². The standard InChI is InChI=1S/C17H24N2O2/c1-12-7-8-15(11-13(12)2)19-17(21)16(20)18-10-9-14-5-3-4-6-14/h7-8,11,14H,3-6,9-10H2,1-2H3,(H,18,20)(H,19,21). The number of amides is 2. The van der Waals surface area contributed by atoms with Gasteiger partial charge in [-0.05, 0) is 49.4 Å². The Morgan fingerprint density at radius 3 is 2.48 bits per heavy atom. The lowest BCUT2D eigenvalue weighted by molar-refractivity contribution is -0.136. The monoisotopic (exact) mass is 288 g/mol. The Kier molecular flexibility index (Phi) is 5.37. The largest absolute Gasteiger partial charge is 0.348 e. The fourth-order valence-electron chi connectivity index (χ4n) is 2.78. The minimum Gasteiger partial charge on any atom is -0.348 e. The molecule has 1 aromatic rings. The van der Waals surface area contributed by atoms with Gasteiger partial charge in [-0.3, -0.25) is 9.59 Å². The fourth-order valence-corrected chi connectivity index (χ4v) is 2.78. The van der Waals surface area contributed by atoms with Gasteiger partial charge in [0.1, 0.15) is 0 Å². The number of nitrogens with one attached hydrogen (secondary N) is 2. The Hall–Kier alpha value is -1.84. The Balaban J connectivity index is 1.76. The molecule has 2 amide bonds. The normalized spacial score (nSPS) is 15.0. The SMILES string of the molecule is Cc1ccc(NC(=O)C(=O)NCCC2CCCC2)cc1C. The molecule has 0 unspecified atom stereocenters. The van der Waals surface area contributed by atoms with Gasteiger partial charge in [0.2, 0.25) is 0 Å². The van der Waals surface area contributed by atoms with E-state index in [2.05, 4.69) is 10.6 Å². The second kappa shape index (κ2) is 7.25. The van der Waals surface area contributed by atoms with Gasteiger partial charge in [-0.2, -0.15) is 0 Å². The van der Waals surface area contributed by atoms with Gasteiger partial charge in [-0.25, -0.2) is 0 Å². The van der Waals surface area contributed by atoms with E-state index in [9.17, 15) is 9.59 Å². The highest BCUT2D eigenvalue weighted by molar-refractivity contribution is 6.39. The number of carbonyl (C=O) groups is 2. The molecule has 0 aliphatic heterocycles. The first-order chi connectivity index (χ1) is 10.1. The highest BCUT2D eigenvalue weighted by Crippen LogP contribution is 2.26. The lowest BCUT2D eigenvalue weighted by atomic mass is 10.0. The van der Waals surface area contributed by atoms with Crippen molar-refractivity contribution in [1.82, 2.24) is 5.32 Å². The first kappa shape index (κ1) is 15.5. The molecule has 4 heteroatoms. The molecule has 1 saturated carbocycles. The third-order valence-electron chi connectivity index (χ3n) is 4.28. The second-order valence-electron chi connectivity index (χ2n) is 5.95. The highest BCUT2D eigenvalue weighted by atomic mass is 16.2. The summed E-state index contributed by atoms with van der Waals surface area (Å²) < 4.78 is 0. The van der Waals surface area contributed by atoms with E-state index in [-0.39, 0.29) is 0 Å². The highest BCUT2D eigenvalue weighted by Gasteiger charge is 2.17. The minimum atomic E-state index is -0.593. The lowest BCUT2D eigenvalue weighted by Crippen LogP contribution is -2.36. The van der Waals surface area contributed by atoms with Crippen molar-refractivity contribution in [2.75, 3.05) is 11.9 Å². The van der Waals surface area contributed by atoms with Gasteiger partial charge in [0, 0.05) is 12.2 Å². The van der Waals surface area contributed by atoms with Crippen molar-refractivity contribution >= 4 is 17.5 Å². The molecule has 21 heavy (non-hydrogen) atoms. The van der Waals surface area contributed by atoms with Crippen LogP contribution >= 0.6 is 0 Å². The van der Waals surface area contributed by atoms with Gasteiger partial charge in [-0.15, -0.1) is 0 Å². The second-order valence-corrected chi connectivity index (χ2v) is 5.95. The Bertz CT molecular complexity index is 520. The number of hydrogen-bond donors (Lipinski definition) is 2. The summed E-state index contributed by atoms with van der Waals surface area (Å²) >= 11 is 0. The Morgan fingerprint density at radius 1 is 1.10 bits per heavy atom. The van der Waals surface area contributed by atoms with Crippen LogP contribution < -0.4 is 10.6 Å². The van der Waals surface area contributed by atoms with Crippen LogP contribution in [0.1, 0.15) is 43.2 Å². The number of anilines is 1. The number of aryl methyl sites for hydroxylation is 2. The summed E-state index contributed by atoms with van der Waals surface area (Å²) in [4.78, 5) is 23.6. The minimum absolute atomic E-state index is 0.550. The van der Waals surface area contributed by atoms with Gasteiger partial charge in [0.05, 0.1) is 0 Å². The molecular weight excluding hydrogens is 264 g/mol. The molecule has 2 N–H and O–H groups in total. The van der Waals surface area contributed by atoms with Crippen LogP contribution in [0.3, 0.4) is 0 Å². The molecular formula is C17H24N2O2. The smallest absolute Gasteiger partial charge is 0.313 e. The number of benzene rings is 1. The van der Waals surface area contributed by atoms with Crippen molar-refractivity contribution in [3.05, 3.63) is 29.3 Å². The van der Waals surface area contributed by atoms with Crippen molar-refractivity contribution in [2.45, 2.75) is 46.0 Å². The van der Waals surface area contributed by atoms with E-state index in [1.165, 1.54) is 25.7 Å². The van der Waals surface area contributed by atoms with Crippen LogP contribution in [0.25, 0.3) is 0 Å². The Morgan fingerprint density at radius 2 is 1.81 bits per heavy atom. The summed E-state index contributed by atoms with van der Waals surface area (Å²) in [6, 6.07) is 5.62. The summed E-state index contributed by atoms with van der Waals surface area (Å²) in [6.07, 6.45) is 6.08. The van der Waals surface area contributed by atoms with E-state index in [0.717, 1.165) is 17.5 Å². The maximum atomic E-state index is 11.8. The van der Waals surface area contributed by atoms with Crippen LogP contribution in [0, 0.1) is 19.8 Å². The third-order valence-corrected chi connectivity index (χ3v) is 4.28.